The average molecular weight is 263 g/mol. The van der Waals surface area contributed by atoms with Gasteiger partial charge in [0.25, 0.3) is 0 Å². The van der Waals surface area contributed by atoms with E-state index >= 15 is 0 Å². The number of hydrogen-bond donors (Lipinski definition) is 1. The van der Waals surface area contributed by atoms with E-state index in [1.165, 1.54) is 0 Å². The van der Waals surface area contributed by atoms with E-state index in [1.807, 2.05) is 6.92 Å². The molecule has 6 heteroatoms. The molecule has 0 amide bonds. The number of nitrogens with one attached hydrogen (secondary N) is 1. The van der Waals surface area contributed by atoms with Crippen molar-refractivity contribution in [1.82, 2.24) is 10.3 Å². The van der Waals surface area contributed by atoms with Crippen molar-refractivity contribution in [3.8, 4) is 0 Å². The van der Waals surface area contributed by atoms with Crippen LogP contribution in [0, 0.1) is 6.92 Å². The van der Waals surface area contributed by atoms with Gasteiger partial charge in [-0.05, 0) is 31.5 Å². The highest BCUT2D eigenvalue weighted by atomic mass is 35.5. The van der Waals surface area contributed by atoms with Crippen LogP contribution in [0.3, 0.4) is 0 Å². The lowest BCUT2D eigenvalue weighted by atomic mass is 10.3. The second-order valence-corrected chi connectivity index (χ2v) is 6.01. The van der Waals surface area contributed by atoms with Crippen LogP contribution in [0.25, 0.3) is 0 Å². The summed E-state index contributed by atoms with van der Waals surface area (Å²) in [5.74, 6) is 0. The van der Waals surface area contributed by atoms with E-state index in [0.717, 1.165) is 12.1 Å². The maximum Gasteiger partial charge on any atom is 0.199 e. The summed E-state index contributed by atoms with van der Waals surface area (Å²) < 4.78 is 24.1. The molecule has 0 spiro atoms. The normalized spacial score (nSPS) is 20.4. The Labute approximate surface area is 102 Å². The molecule has 90 valence electrons. The zero-order valence-electron chi connectivity index (χ0n) is 9.01. The fourth-order valence-corrected chi connectivity index (χ4v) is 3.25. The van der Waals surface area contributed by atoms with Gasteiger partial charge in [0.05, 0.1) is 5.25 Å². The summed E-state index contributed by atoms with van der Waals surface area (Å²) in [5.41, 5.74) is 0.971. The third-order valence-electron chi connectivity index (χ3n) is 2.63. The van der Waals surface area contributed by atoms with Crippen LogP contribution < -0.4 is 5.32 Å². The molecule has 0 aromatic carbocycles. The fraction of sp³-hybridized carbons (Fsp3) is 0.500. The van der Waals surface area contributed by atoms with Crippen LogP contribution in [-0.2, 0) is 9.84 Å². The van der Waals surface area contributed by atoms with Crippen LogP contribution >= 0.6 is 12.4 Å². The van der Waals surface area contributed by atoms with Crippen molar-refractivity contribution in [3.05, 3.63) is 23.9 Å². The van der Waals surface area contributed by atoms with Gasteiger partial charge in [-0.3, -0.25) is 0 Å². The molecule has 0 unspecified atom stereocenters. The Morgan fingerprint density at radius 3 is 2.69 bits per heavy atom. The molecule has 0 bridgehead atoms. The summed E-state index contributed by atoms with van der Waals surface area (Å²) in [6.45, 7) is 3.20. The Kier molecular flexibility index (Phi) is 4.29. The number of rotatable bonds is 2. The first kappa shape index (κ1) is 13.4. The van der Waals surface area contributed by atoms with Crippen molar-refractivity contribution in [3.63, 3.8) is 0 Å². The lowest BCUT2D eigenvalue weighted by Gasteiger charge is -2.09. The predicted octanol–water partition coefficient (Wildman–Crippen LogP) is 0.947. The van der Waals surface area contributed by atoms with E-state index in [9.17, 15) is 8.42 Å². The number of nitrogens with zero attached hydrogens (tertiary/aromatic N) is 1. The molecule has 4 nitrogen and oxygen atoms in total. The minimum atomic E-state index is -3.23. The van der Waals surface area contributed by atoms with E-state index in [4.69, 9.17) is 0 Å². The molecule has 0 radical (unpaired) electrons. The molecular weight excluding hydrogens is 248 g/mol. The Hall–Kier alpha value is -0.650. The first-order valence-corrected chi connectivity index (χ1v) is 6.52. The summed E-state index contributed by atoms with van der Waals surface area (Å²) in [5, 5.41) is 2.94. The van der Waals surface area contributed by atoms with Crippen LogP contribution in [0.2, 0.25) is 0 Å². The molecule has 1 atom stereocenters. The molecule has 1 fully saturated rings. The van der Waals surface area contributed by atoms with Crippen molar-refractivity contribution in [1.29, 1.82) is 0 Å². The van der Waals surface area contributed by atoms with Crippen molar-refractivity contribution >= 4 is 22.2 Å². The van der Waals surface area contributed by atoms with E-state index in [2.05, 4.69) is 10.3 Å². The van der Waals surface area contributed by atoms with E-state index in [0.29, 0.717) is 13.0 Å². The third kappa shape index (κ3) is 2.53. The van der Waals surface area contributed by atoms with Crippen LogP contribution in [0.5, 0.6) is 0 Å². The standard InChI is InChI=1S/C10H14N2O2S.ClH/c1-8-2-3-10(12-6-8)15(13,14)9-4-5-11-7-9;/h2-3,6,9,11H,4-5,7H2,1H3;1H/t9-;/m0./s1. The zero-order chi connectivity index (χ0) is 10.9. The number of aryl methyl sites for hydroxylation is 1. The molecule has 1 aliphatic heterocycles. The Bertz CT molecular complexity index is 438. The predicted molar refractivity (Wildman–Crippen MR) is 64.7 cm³/mol. The van der Waals surface area contributed by atoms with E-state index < -0.39 is 9.84 Å². The number of halogens is 1. The summed E-state index contributed by atoms with van der Waals surface area (Å²) in [6, 6.07) is 3.37. The minimum absolute atomic E-state index is 0. The molecule has 0 saturated carbocycles. The minimum Gasteiger partial charge on any atom is -0.315 e. The van der Waals surface area contributed by atoms with Crippen LogP contribution in [0.15, 0.2) is 23.4 Å². The molecule has 1 aliphatic rings. The highest BCUT2D eigenvalue weighted by Gasteiger charge is 2.30. The lowest BCUT2D eigenvalue weighted by Crippen LogP contribution is -2.24. The van der Waals surface area contributed by atoms with Gasteiger partial charge < -0.3 is 5.32 Å². The quantitative estimate of drug-likeness (QED) is 0.862. The fourth-order valence-electron chi connectivity index (χ4n) is 1.69. The van der Waals surface area contributed by atoms with Crippen molar-refractivity contribution in [2.45, 2.75) is 23.6 Å². The van der Waals surface area contributed by atoms with Crippen LogP contribution in [0.4, 0.5) is 0 Å². The molecule has 1 N–H and O–H groups in total. The van der Waals surface area contributed by atoms with E-state index in [-0.39, 0.29) is 22.7 Å². The summed E-state index contributed by atoms with van der Waals surface area (Å²) in [4.78, 5) is 3.98. The highest BCUT2D eigenvalue weighted by molar-refractivity contribution is 7.92. The van der Waals surface area contributed by atoms with Gasteiger partial charge in [-0.1, -0.05) is 6.07 Å². The molecule has 16 heavy (non-hydrogen) atoms. The second kappa shape index (κ2) is 5.12. The molecule has 1 aromatic heterocycles. The zero-order valence-corrected chi connectivity index (χ0v) is 10.6. The molecule has 0 aliphatic carbocycles. The molecule has 1 saturated heterocycles. The molecule has 1 aromatic rings. The first-order valence-electron chi connectivity index (χ1n) is 4.98. The lowest BCUT2D eigenvalue weighted by molar-refractivity contribution is 0.579. The van der Waals surface area contributed by atoms with Gasteiger partial charge in [-0.2, -0.15) is 0 Å². The maximum absolute atomic E-state index is 12.0. The van der Waals surface area contributed by atoms with Gasteiger partial charge in [-0.25, -0.2) is 13.4 Å². The SMILES string of the molecule is Cc1ccc(S(=O)(=O)[C@H]2CCNC2)nc1.Cl. The van der Waals surface area contributed by atoms with Gasteiger partial charge in [0.1, 0.15) is 0 Å². The summed E-state index contributed by atoms with van der Waals surface area (Å²) >= 11 is 0. The Morgan fingerprint density at radius 2 is 2.19 bits per heavy atom. The summed E-state index contributed by atoms with van der Waals surface area (Å²) in [7, 11) is -3.23. The average Bonchev–Trinajstić information content (AvgIpc) is 2.71. The summed E-state index contributed by atoms with van der Waals surface area (Å²) in [6.07, 6.45) is 2.27. The number of hydrogen-bond acceptors (Lipinski definition) is 4. The van der Waals surface area contributed by atoms with E-state index in [1.54, 1.807) is 18.3 Å². The number of sulfone groups is 1. The second-order valence-electron chi connectivity index (χ2n) is 3.83. The third-order valence-corrected chi connectivity index (χ3v) is 4.73. The molecule has 2 heterocycles. The number of aromatic nitrogens is 1. The van der Waals surface area contributed by atoms with Crippen molar-refractivity contribution < 1.29 is 8.42 Å². The van der Waals surface area contributed by atoms with Crippen LogP contribution in [0.1, 0.15) is 12.0 Å². The van der Waals surface area contributed by atoms with Crippen molar-refractivity contribution in [2.24, 2.45) is 0 Å². The topological polar surface area (TPSA) is 59.1 Å². The Balaban J connectivity index is 0.00000128. The monoisotopic (exact) mass is 262 g/mol. The highest BCUT2D eigenvalue weighted by Crippen LogP contribution is 2.18. The first-order chi connectivity index (χ1) is 7.10. The van der Waals surface area contributed by atoms with Crippen molar-refractivity contribution in [2.75, 3.05) is 13.1 Å². The van der Waals surface area contributed by atoms with Gasteiger partial charge in [0.2, 0.25) is 0 Å². The largest absolute Gasteiger partial charge is 0.315 e. The molecule has 2 rings (SSSR count). The smallest absolute Gasteiger partial charge is 0.199 e. The van der Waals surface area contributed by atoms with Gasteiger partial charge in [0.15, 0.2) is 14.9 Å². The maximum atomic E-state index is 12.0. The Morgan fingerprint density at radius 1 is 1.44 bits per heavy atom. The van der Waals surface area contributed by atoms with Gasteiger partial charge in [-0.15, -0.1) is 12.4 Å². The van der Waals surface area contributed by atoms with Crippen LogP contribution in [-0.4, -0.2) is 31.7 Å². The molecular formula is C10H15ClN2O2S. The van der Waals surface area contributed by atoms with Gasteiger partial charge in [0, 0.05) is 12.7 Å². The number of pyridine rings is 1. The van der Waals surface area contributed by atoms with Gasteiger partial charge >= 0.3 is 0 Å².